The van der Waals surface area contributed by atoms with Gasteiger partial charge in [-0.1, -0.05) is 36.4 Å². The normalized spacial score (nSPS) is 14.3. The number of likely N-dealkylation sites (tertiary alicyclic amines) is 1. The lowest BCUT2D eigenvalue weighted by atomic mass is 10.0. The highest BCUT2D eigenvalue weighted by Gasteiger charge is 2.24. The van der Waals surface area contributed by atoms with Crippen LogP contribution in [0.4, 0.5) is 16.2 Å². The van der Waals surface area contributed by atoms with Crippen LogP contribution in [0.25, 0.3) is 0 Å². The fourth-order valence-electron chi connectivity index (χ4n) is 3.73. The number of nitrogens with one attached hydrogen (secondary N) is 3. The van der Waals surface area contributed by atoms with Gasteiger partial charge in [0.25, 0.3) is 15.9 Å². The van der Waals surface area contributed by atoms with Crippen molar-refractivity contribution in [3.8, 4) is 0 Å². The van der Waals surface area contributed by atoms with Gasteiger partial charge in [-0.2, -0.15) is 0 Å². The number of rotatable bonds is 6. The quantitative estimate of drug-likeness (QED) is 0.499. The second kappa shape index (κ2) is 10.4. The van der Waals surface area contributed by atoms with E-state index in [-0.39, 0.29) is 22.9 Å². The van der Waals surface area contributed by atoms with Crippen LogP contribution < -0.4 is 15.4 Å². The zero-order chi connectivity index (χ0) is 24.0. The van der Waals surface area contributed by atoms with Gasteiger partial charge in [-0.05, 0) is 61.4 Å². The topological polar surface area (TPSA) is 108 Å². The number of carbonyl (C=O) groups is 2. The summed E-state index contributed by atoms with van der Waals surface area (Å²) < 4.78 is 27.6. The number of carbonyl (C=O) groups excluding carboxylic acids is 2. The Morgan fingerprint density at radius 2 is 1.32 bits per heavy atom. The Kier molecular flexibility index (Phi) is 7.12. The lowest BCUT2D eigenvalue weighted by Crippen LogP contribution is -2.47. The number of benzene rings is 3. The Morgan fingerprint density at radius 3 is 1.91 bits per heavy atom. The van der Waals surface area contributed by atoms with Crippen molar-refractivity contribution in [1.82, 2.24) is 10.2 Å². The second-order valence-electron chi connectivity index (χ2n) is 8.03. The van der Waals surface area contributed by atoms with Gasteiger partial charge in [-0.25, -0.2) is 13.2 Å². The zero-order valence-corrected chi connectivity index (χ0v) is 19.3. The molecular formula is C25H26N4O4S. The highest BCUT2D eigenvalue weighted by molar-refractivity contribution is 7.92. The molecule has 3 amide bonds. The molecule has 1 saturated heterocycles. The fourth-order valence-corrected chi connectivity index (χ4v) is 4.78. The molecule has 0 saturated carbocycles. The third kappa shape index (κ3) is 5.93. The molecule has 3 N–H and O–H groups in total. The Hall–Kier alpha value is -3.85. The highest BCUT2D eigenvalue weighted by Crippen LogP contribution is 2.17. The van der Waals surface area contributed by atoms with E-state index in [2.05, 4.69) is 15.4 Å². The minimum Gasteiger partial charge on any atom is -0.349 e. The number of sulfonamides is 1. The first kappa shape index (κ1) is 23.3. The first-order chi connectivity index (χ1) is 16.4. The maximum absolute atomic E-state index is 12.7. The van der Waals surface area contributed by atoms with Gasteiger partial charge in [-0.15, -0.1) is 0 Å². The Balaban J connectivity index is 1.28. The van der Waals surface area contributed by atoms with Crippen LogP contribution in [0.2, 0.25) is 0 Å². The van der Waals surface area contributed by atoms with Gasteiger partial charge in [0.05, 0.1) is 4.90 Å². The molecule has 0 spiro atoms. The van der Waals surface area contributed by atoms with Gasteiger partial charge in [0.2, 0.25) is 0 Å². The van der Waals surface area contributed by atoms with E-state index in [0.717, 1.165) is 5.69 Å². The minimum atomic E-state index is -3.75. The summed E-state index contributed by atoms with van der Waals surface area (Å²) >= 11 is 0. The van der Waals surface area contributed by atoms with Crippen molar-refractivity contribution in [1.29, 1.82) is 0 Å². The van der Waals surface area contributed by atoms with E-state index in [9.17, 15) is 18.0 Å². The molecule has 1 aliphatic rings. The van der Waals surface area contributed by atoms with Crippen LogP contribution in [-0.4, -0.2) is 44.4 Å². The second-order valence-corrected chi connectivity index (χ2v) is 9.71. The summed E-state index contributed by atoms with van der Waals surface area (Å²) in [5, 5.41) is 5.85. The molecule has 34 heavy (non-hydrogen) atoms. The van der Waals surface area contributed by atoms with Crippen molar-refractivity contribution < 1.29 is 18.0 Å². The molecule has 0 bridgehead atoms. The van der Waals surface area contributed by atoms with E-state index in [0.29, 0.717) is 37.2 Å². The number of piperidine rings is 1. The first-order valence-electron chi connectivity index (χ1n) is 11.0. The first-order valence-corrected chi connectivity index (χ1v) is 12.5. The van der Waals surface area contributed by atoms with Crippen molar-refractivity contribution in [2.75, 3.05) is 23.1 Å². The van der Waals surface area contributed by atoms with Crippen LogP contribution in [0.1, 0.15) is 23.2 Å². The van der Waals surface area contributed by atoms with Gasteiger partial charge in [0.1, 0.15) is 0 Å². The van der Waals surface area contributed by atoms with E-state index in [1.165, 1.54) is 24.3 Å². The summed E-state index contributed by atoms with van der Waals surface area (Å²) in [5.41, 5.74) is 1.59. The molecule has 3 aromatic carbocycles. The number of nitrogens with zero attached hydrogens (tertiary/aromatic N) is 1. The predicted molar refractivity (Wildman–Crippen MR) is 131 cm³/mol. The van der Waals surface area contributed by atoms with Crippen LogP contribution in [0.5, 0.6) is 0 Å². The van der Waals surface area contributed by atoms with Crippen LogP contribution in [0, 0.1) is 0 Å². The molecule has 0 unspecified atom stereocenters. The smallest absolute Gasteiger partial charge is 0.321 e. The molecule has 8 nitrogen and oxygen atoms in total. The summed E-state index contributed by atoms with van der Waals surface area (Å²) in [5.74, 6) is -0.271. The average molecular weight is 479 g/mol. The van der Waals surface area contributed by atoms with Gasteiger partial charge in [0.15, 0.2) is 0 Å². The van der Waals surface area contributed by atoms with Crippen LogP contribution in [0.15, 0.2) is 89.8 Å². The van der Waals surface area contributed by atoms with Crippen molar-refractivity contribution in [3.63, 3.8) is 0 Å². The molecule has 0 aromatic heterocycles. The lowest BCUT2D eigenvalue weighted by Gasteiger charge is -2.32. The molecular weight excluding hydrogens is 452 g/mol. The predicted octanol–water partition coefficient (Wildman–Crippen LogP) is 3.91. The molecule has 1 heterocycles. The zero-order valence-electron chi connectivity index (χ0n) is 18.5. The lowest BCUT2D eigenvalue weighted by molar-refractivity contribution is 0.0919. The van der Waals surface area contributed by atoms with Crippen molar-refractivity contribution >= 4 is 33.3 Å². The molecule has 9 heteroatoms. The number of hydrogen-bond donors (Lipinski definition) is 3. The average Bonchev–Trinajstić information content (AvgIpc) is 2.85. The monoisotopic (exact) mass is 478 g/mol. The Bertz CT molecular complexity index is 1220. The largest absolute Gasteiger partial charge is 0.349 e. The molecule has 3 aromatic rings. The summed E-state index contributed by atoms with van der Waals surface area (Å²) in [6.07, 6.45) is 1.28. The van der Waals surface area contributed by atoms with Crippen molar-refractivity contribution in [2.45, 2.75) is 23.8 Å². The van der Waals surface area contributed by atoms with E-state index in [1.54, 1.807) is 35.2 Å². The maximum atomic E-state index is 12.7. The van der Waals surface area contributed by atoms with Gasteiger partial charge in [0, 0.05) is 36.1 Å². The minimum absolute atomic E-state index is 0.0589. The van der Waals surface area contributed by atoms with Crippen LogP contribution >= 0.6 is 0 Å². The van der Waals surface area contributed by atoms with Crippen molar-refractivity contribution in [3.05, 3.63) is 90.5 Å². The SMILES string of the molecule is O=C(NC1CCN(C(=O)Nc2ccccc2)CC1)c1ccc(S(=O)(=O)Nc2ccccc2)cc1. The summed E-state index contributed by atoms with van der Waals surface area (Å²) in [7, 11) is -3.75. The molecule has 0 aliphatic carbocycles. The molecule has 1 fully saturated rings. The Morgan fingerprint density at radius 1 is 0.765 bits per heavy atom. The number of urea groups is 1. The third-order valence-corrected chi connectivity index (χ3v) is 6.99. The van der Waals surface area contributed by atoms with Crippen molar-refractivity contribution in [2.24, 2.45) is 0 Å². The number of hydrogen-bond acceptors (Lipinski definition) is 4. The van der Waals surface area contributed by atoms with E-state index in [1.807, 2.05) is 30.3 Å². The summed E-state index contributed by atoms with van der Waals surface area (Å²) in [6, 6.07) is 23.5. The Labute approximate surface area is 199 Å². The van der Waals surface area contributed by atoms with Gasteiger partial charge >= 0.3 is 6.03 Å². The van der Waals surface area contributed by atoms with Crippen LogP contribution in [-0.2, 0) is 10.0 Å². The van der Waals surface area contributed by atoms with Gasteiger partial charge in [-0.3, -0.25) is 9.52 Å². The van der Waals surface area contributed by atoms with E-state index >= 15 is 0 Å². The number of anilines is 2. The fraction of sp³-hybridized carbons (Fsp3) is 0.200. The standard InChI is InChI=1S/C25H26N4O4S/c30-24(19-11-13-23(14-12-19)34(32,33)28-22-9-5-2-6-10-22)26-21-15-17-29(18-16-21)25(31)27-20-7-3-1-4-8-20/h1-14,21,28H,15-18H2,(H,26,30)(H,27,31). The van der Waals surface area contributed by atoms with Crippen LogP contribution in [0.3, 0.4) is 0 Å². The maximum Gasteiger partial charge on any atom is 0.321 e. The van der Waals surface area contributed by atoms with Gasteiger partial charge < -0.3 is 15.5 Å². The molecule has 0 radical (unpaired) electrons. The number of para-hydroxylation sites is 2. The van der Waals surface area contributed by atoms with E-state index in [4.69, 9.17) is 0 Å². The molecule has 4 rings (SSSR count). The third-order valence-electron chi connectivity index (χ3n) is 5.60. The summed E-state index contributed by atoms with van der Waals surface area (Å²) in [4.78, 5) is 26.9. The highest BCUT2D eigenvalue weighted by atomic mass is 32.2. The summed E-state index contributed by atoms with van der Waals surface area (Å²) in [6.45, 7) is 1.07. The molecule has 1 aliphatic heterocycles. The molecule has 0 atom stereocenters. The number of amides is 3. The molecule has 176 valence electrons. The van der Waals surface area contributed by atoms with E-state index < -0.39 is 10.0 Å².